The van der Waals surface area contributed by atoms with Crippen LogP contribution in [0.2, 0.25) is 5.02 Å². The van der Waals surface area contributed by atoms with Crippen LogP contribution in [0.15, 0.2) is 32.5 Å². The highest BCUT2D eigenvalue weighted by molar-refractivity contribution is 9.11. The molecule has 1 aromatic carbocycles. The summed E-state index contributed by atoms with van der Waals surface area (Å²) in [7, 11) is 0. The van der Waals surface area contributed by atoms with Crippen LogP contribution in [-0.4, -0.2) is 5.11 Å². The highest BCUT2D eigenvalue weighted by Crippen LogP contribution is 2.42. The minimum atomic E-state index is -4.54. The summed E-state index contributed by atoms with van der Waals surface area (Å²) >= 11 is 13.1. The smallest absolute Gasteiger partial charge is 0.383 e. The van der Waals surface area contributed by atoms with Crippen LogP contribution in [-0.2, 0) is 6.18 Å². The summed E-state index contributed by atoms with van der Waals surface area (Å²) in [5.41, 5.74) is -1.08. The molecule has 20 heavy (non-hydrogen) atoms. The topological polar surface area (TPSA) is 20.2 Å². The Hall–Kier alpha value is -0.0800. The Kier molecular flexibility index (Phi) is 4.86. The van der Waals surface area contributed by atoms with Crippen molar-refractivity contribution in [3.63, 3.8) is 0 Å². The van der Waals surface area contributed by atoms with Crippen LogP contribution >= 0.6 is 54.8 Å². The molecule has 108 valence electrons. The minimum absolute atomic E-state index is 0.203. The molecule has 0 radical (unpaired) electrons. The first-order chi connectivity index (χ1) is 9.20. The maximum absolute atomic E-state index is 13.0. The lowest BCUT2D eigenvalue weighted by molar-refractivity contribution is -0.139. The van der Waals surface area contributed by atoms with E-state index in [9.17, 15) is 18.3 Å². The zero-order valence-corrected chi connectivity index (χ0v) is 14.3. The minimum Gasteiger partial charge on any atom is -0.383 e. The number of benzene rings is 1. The molecule has 1 unspecified atom stereocenters. The molecule has 2 aromatic rings. The number of aliphatic hydroxyl groups is 1. The third kappa shape index (κ3) is 3.39. The summed E-state index contributed by atoms with van der Waals surface area (Å²) in [5, 5.41) is 10.5. The van der Waals surface area contributed by atoms with Gasteiger partial charge in [0.2, 0.25) is 0 Å². The van der Waals surface area contributed by atoms with E-state index in [0.717, 1.165) is 17.4 Å². The van der Waals surface area contributed by atoms with Crippen LogP contribution in [0.5, 0.6) is 0 Å². The van der Waals surface area contributed by atoms with E-state index in [1.165, 1.54) is 18.2 Å². The van der Waals surface area contributed by atoms with E-state index in [1.54, 1.807) is 0 Å². The van der Waals surface area contributed by atoms with E-state index < -0.39 is 17.8 Å². The van der Waals surface area contributed by atoms with Gasteiger partial charge in [0.05, 0.1) is 14.4 Å². The first-order valence-electron chi connectivity index (χ1n) is 5.19. The molecule has 1 heterocycles. The number of halogens is 6. The molecule has 1 aromatic heterocycles. The molecular weight excluding hydrogens is 444 g/mol. The fourth-order valence-electron chi connectivity index (χ4n) is 1.66. The third-order valence-corrected chi connectivity index (χ3v) is 5.57. The first kappa shape index (κ1) is 16.3. The van der Waals surface area contributed by atoms with E-state index in [0.29, 0.717) is 18.2 Å². The molecule has 8 heteroatoms. The zero-order chi connectivity index (χ0) is 15.1. The van der Waals surface area contributed by atoms with Crippen LogP contribution in [0.4, 0.5) is 13.2 Å². The second kappa shape index (κ2) is 5.96. The van der Waals surface area contributed by atoms with Crippen molar-refractivity contribution in [1.82, 2.24) is 0 Å². The van der Waals surface area contributed by atoms with Crippen molar-refractivity contribution in [2.24, 2.45) is 0 Å². The fraction of sp³-hybridized carbons (Fsp3) is 0.167. The van der Waals surface area contributed by atoms with E-state index in [1.807, 2.05) is 0 Å². The SMILES string of the molecule is OC(c1cc(Cl)c(Br)s1)c1ccc(Br)cc1C(F)(F)F. The highest BCUT2D eigenvalue weighted by atomic mass is 79.9. The molecule has 0 saturated heterocycles. The van der Waals surface area contributed by atoms with Gasteiger partial charge in [-0.1, -0.05) is 33.6 Å². The van der Waals surface area contributed by atoms with Crippen molar-refractivity contribution in [3.8, 4) is 0 Å². The van der Waals surface area contributed by atoms with Crippen LogP contribution in [0, 0.1) is 0 Å². The van der Waals surface area contributed by atoms with Gasteiger partial charge >= 0.3 is 6.18 Å². The van der Waals surface area contributed by atoms with Gasteiger partial charge in [0, 0.05) is 9.35 Å². The predicted molar refractivity (Wildman–Crippen MR) is 80.2 cm³/mol. The van der Waals surface area contributed by atoms with Crippen molar-refractivity contribution in [2.75, 3.05) is 0 Å². The molecule has 1 nitrogen and oxygen atoms in total. The van der Waals surface area contributed by atoms with E-state index in [2.05, 4.69) is 31.9 Å². The Morgan fingerprint density at radius 1 is 1.20 bits per heavy atom. The van der Waals surface area contributed by atoms with Gasteiger partial charge < -0.3 is 5.11 Å². The third-order valence-electron chi connectivity index (χ3n) is 2.55. The number of rotatable bonds is 2. The highest BCUT2D eigenvalue weighted by Gasteiger charge is 2.35. The van der Waals surface area contributed by atoms with E-state index >= 15 is 0 Å². The van der Waals surface area contributed by atoms with Crippen LogP contribution in [0.25, 0.3) is 0 Å². The van der Waals surface area contributed by atoms with Gasteiger partial charge in [-0.2, -0.15) is 13.2 Å². The van der Waals surface area contributed by atoms with Gasteiger partial charge in [0.15, 0.2) is 0 Å². The van der Waals surface area contributed by atoms with Crippen LogP contribution < -0.4 is 0 Å². The Morgan fingerprint density at radius 2 is 1.85 bits per heavy atom. The van der Waals surface area contributed by atoms with Gasteiger partial charge in [-0.3, -0.25) is 0 Å². The normalized spacial score (nSPS) is 13.6. The number of alkyl halides is 3. The van der Waals surface area contributed by atoms with Crippen LogP contribution in [0.3, 0.4) is 0 Å². The molecule has 2 rings (SSSR count). The molecule has 0 aliphatic rings. The van der Waals surface area contributed by atoms with Gasteiger partial charge in [-0.25, -0.2) is 0 Å². The lowest BCUT2D eigenvalue weighted by Crippen LogP contribution is -2.12. The summed E-state index contributed by atoms with van der Waals surface area (Å²) in [6.07, 6.45) is -5.92. The van der Waals surface area contributed by atoms with Crippen molar-refractivity contribution in [3.05, 3.63) is 53.6 Å². The number of hydrogen-bond acceptors (Lipinski definition) is 2. The zero-order valence-electron chi connectivity index (χ0n) is 9.51. The van der Waals surface area contributed by atoms with Gasteiger partial charge in [-0.15, -0.1) is 11.3 Å². The molecule has 0 aliphatic heterocycles. The maximum atomic E-state index is 13.0. The molecule has 0 saturated carbocycles. The molecule has 0 aliphatic carbocycles. The first-order valence-corrected chi connectivity index (χ1v) is 7.97. The predicted octanol–water partition coefficient (Wildman–Crippen LogP) is 6.03. The largest absolute Gasteiger partial charge is 0.416 e. The Morgan fingerprint density at radius 3 is 2.35 bits per heavy atom. The van der Waals surface area contributed by atoms with E-state index in [-0.39, 0.29) is 5.56 Å². The van der Waals surface area contributed by atoms with Crippen molar-refractivity contribution in [2.45, 2.75) is 12.3 Å². The van der Waals surface area contributed by atoms with Gasteiger partial charge in [0.1, 0.15) is 6.10 Å². The summed E-state index contributed by atoms with van der Waals surface area (Å²) in [4.78, 5) is 0.342. The average Bonchev–Trinajstić information content (AvgIpc) is 2.67. The van der Waals surface area contributed by atoms with Crippen LogP contribution in [0.1, 0.15) is 22.1 Å². The summed E-state index contributed by atoms with van der Waals surface area (Å²) in [6.45, 7) is 0. The quantitative estimate of drug-likeness (QED) is 0.593. The molecule has 0 spiro atoms. The second-order valence-corrected chi connectivity index (χ2v) is 7.63. The summed E-state index contributed by atoms with van der Waals surface area (Å²) in [5.74, 6) is 0. The van der Waals surface area contributed by atoms with Gasteiger partial charge in [0.25, 0.3) is 0 Å². The van der Waals surface area contributed by atoms with Gasteiger partial charge in [-0.05, 0) is 39.7 Å². The molecule has 1 atom stereocenters. The maximum Gasteiger partial charge on any atom is 0.416 e. The van der Waals surface area contributed by atoms with Crippen molar-refractivity contribution >= 4 is 54.8 Å². The Bertz CT molecular complexity index is 623. The van der Waals surface area contributed by atoms with Crippen molar-refractivity contribution in [1.29, 1.82) is 0 Å². The number of thiophene rings is 1. The van der Waals surface area contributed by atoms with Crippen molar-refractivity contribution < 1.29 is 18.3 Å². The molecule has 0 fully saturated rings. The summed E-state index contributed by atoms with van der Waals surface area (Å²) < 4.78 is 39.9. The van der Waals surface area contributed by atoms with E-state index in [4.69, 9.17) is 11.6 Å². The fourth-order valence-corrected chi connectivity index (χ4v) is 3.78. The molecule has 1 N–H and O–H groups in total. The summed E-state index contributed by atoms with van der Waals surface area (Å²) in [6, 6.07) is 5.10. The standard InChI is InChI=1S/C12H6Br2ClF3OS/c13-5-1-2-6(7(3-5)12(16,17)18)10(19)9-4-8(15)11(14)20-9/h1-4,10,19H. The number of hydrogen-bond donors (Lipinski definition) is 1. The second-order valence-electron chi connectivity index (χ2n) is 3.90. The molecular formula is C12H6Br2ClF3OS. The average molecular weight is 451 g/mol. The molecule has 0 amide bonds. The Balaban J connectivity index is 2.52. The number of aliphatic hydroxyl groups excluding tert-OH is 1. The Labute approximate surface area is 138 Å². The molecule has 0 bridgehead atoms. The lowest BCUT2D eigenvalue weighted by atomic mass is 10.0. The lowest BCUT2D eigenvalue weighted by Gasteiger charge is -2.17. The monoisotopic (exact) mass is 448 g/mol.